The van der Waals surface area contributed by atoms with Crippen molar-refractivity contribution in [3.63, 3.8) is 0 Å². The standard InChI is InChI=1S/C8H11N5/c1-12-5-10-4-7(12)6-3-8(9)13(2)11-6/h3-5H,9H2,1-2H3. The van der Waals surface area contributed by atoms with Gasteiger partial charge < -0.3 is 10.3 Å². The second kappa shape index (κ2) is 2.62. The van der Waals surface area contributed by atoms with E-state index in [2.05, 4.69) is 10.1 Å². The van der Waals surface area contributed by atoms with Crippen LogP contribution in [-0.2, 0) is 14.1 Å². The second-order valence-electron chi connectivity index (χ2n) is 2.97. The highest BCUT2D eigenvalue weighted by atomic mass is 15.3. The van der Waals surface area contributed by atoms with Crippen molar-refractivity contribution in [3.05, 3.63) is 18.6 Å². The van der Waals surface area contributed by atoms with Gasteiger partial charge in [-0.15, -0.1) is 0 Å². The van der Waals surface area contributed by atoms with Gasteiger partial charge in [-0.25, -0.2) is 4.98 Å². The quantitative estimate of drug-likeness (QED) is 0.686. The number of imidazole rings is 1. The van der Waals surface area contributed by atoms with E-state index in [-0.39, 0.29) is 0 Å². The highest BCUT2D eigenvalue weighted by molar-refractivity contribution is 5.57. The fourth-order valence-electron chi connectivity index (χ4n) is 1.21. The average molecular weight is 177 g/mol. The number of rotatable bonds is 1. The molecule has 0 saturated carbocycles. The maximum Gasteiger partial charge on any atom is 0.122 e. The number of nitrogens with zero attached hydrogens (tertiary/aromatic N) is 4. The lowest BCUT2D eigenvalue weighted by atomic mass is 10.3. The Labute approximate surface area is 75.8 Å². The van der Waals surface area contributed by atoms with E-state index in [4.69, 9.17) is 5.73 Å². The zero-order valence-electron chi connectivity index (χ0n) is 7.60. The minimum atomic E-state index is 0.649. The number of hydrogen-bond acceptors (Lipinski definition) is 3. The van der Waals surface area contributed by atoms with Gasteiger partial charge in [0.05, 0.1) is 18.2 Å². The van der Waals surface area contributed by atoms with E-state index < -0.39 is 0 Å². The molecule has 0 spiro atoms. The Morgan fingerprint density at radius 2 is 2.15 bits per heavy atom. The Morgan fingerprint density at radius 1 is 1.38 bits per heavy atom. The number of aromatic nitrogens is 4. The molecule has 0 fully saturated rings. The Balaban J connectivity index is 2.53. The largest absolute Gasteiger partial charge is 0.384 e. The van der Waals surface area contributed by atoms with Crippen molar-refractivity contribution in [1.29, 1.82) is 0 Å². The van der Waals surface area contributed by atoms with Crippen LogP contribution in [0.3, 0.4) is 0 Å². The summed E-state index contributed by atoms with van der Waals surface area (Å²) in [6, 6.07) is 1.83. The third-order valence-electron chi connectivity index (χ3n) is 2.00. The van der Waals surface area contributed by atoms with Crippen LogP contribution in [0, 0.1) is 0 Å². The fourth-order valence-corrected chi connectivity index (χ4v) is 1.21. The molecule has 0 aliphatic carbocycles. The molecule has 2 aromatic rings. The molecule has 0 saturated heterocycles. The van der Waals surface area contributed by atoms with Gasteiger partial charge in [0.1, 0.15) is 11.5 Å². The highest BCUT2D eigenvalue weighted by Crippen LogP contribution is 2.17. The predicted molar refractivity (Wildman–Crippen MR) is 49.8 cm³/mol. The van der Waals surface area contributed by atoms with E-state index in [1.165, 1.54) is 0 Å². The summed E-state index contributed by atoms with van der Waals surface area (Å²) >= 11 is 0. The summed E-state index contributed by atoms with van der Waals surface area (Å²) < 4.78 is 3.55. The molecule has 0 aromatic carbocycles. The first-order chi connectivity index (χ1) is 6.18. The van der Waals surface area contributed by atoms with Crippen molar-refractivity contribution < 1.29 is 0 Å². The van der Waals surface area contributed by atoms with Crippen molar-refractivity contribution in [3.8, 4) is 11.4 Å². The van der Waals surface area contributed by atoms with E-state index in [0.29, 0.717) is 5.82 Å². The van der Waals surface area contributed by atoms with Gasteiger partial charge in [0, 0.05) is 20.2 Å². The Bertz CT molecular complexity index is 406. The lowest BCUT2D eigenvalue weighted by molar-refractivity contribution is 0.778. The lowest BCUT2D eigenvalue weighted by Gasteiger charge is -1.95. The Morgan fingerprint density at radius 3 is 2.62 bits per heavy atom. The second-order valence-corrected chi connectivity index (χ2v) is 2.97. The molecular weight excluding hydrogens is 166 g/mol. The van der Waals surface area contributed by atoms with Crippen LogP contribution in [0.25, 0.3) is 11.4 Å². The highest BCUT2D eigenvalue weighted by Gasteiger charge is 2.07. The van der Waals surface area contributed by atoms with Crippen LogP contribution in [0.1, 0.15) is 0 Å². The molecule has 0 bridgehead atoms. The normalized spacial score (nSPS) is 10.6. The fraction of sp³-hybridized carbons (Fsp3) is 0.250. The van der Waals surface area contributed by atoms with E-state index in [0.717, 1.165) is 11.4 Å². The zero-order valence-corrected chi connectivity index (χ0v) is 7.60. The Kier molecular flexibility index (Phi) is 1.58. The van der Waals surface area contributed by atoms with Crippen LogP contribution in [0.2, 0.25) is 0 Å². The number of nitrogen functional groups attached to an aromatic ring is 1. The SMILES string of the molecule is Cn1cncc1-c1cc(N)n(C)n1. The van der Waals surface area contributed by atoms with E-state index in [1.54, 1.807) is 17.2 Å². The van der Waals surface area contributed by atoms with Crippen molar-refractivity contribution in [1.82, 2.24) is 19.3 Å². The summed E-state index contributed by atoms with van der Waals surface area (Å²) in [5.74, 6) is 0.649. The average Bonchev–Trinajstić information content (AvgIpc) is 2.60. The molecule has 0 aliphatic rings. The van der Waals surface area contributed by atoms with Gasteiger partial charge >= 0.3 is 0 Å². The molecule has 5 nitrogen and oxygen atoms in total. The summed E-state index contributed by atoms with van der Waals surface area (Å²) in [6.07, 6.45) is 3.50. The molecule has 2 heterocycles. The molecule has 0 atom stereocenters. The van der Waals surface area contributed by atoms with Gasteiger partial charge in [0.2, 0.25) is 0 Å². The van der Waals surface area contributed by atoms with Gasteiger partial charge in [-0.2, -0.15) is 5.10 Å². The van der Waals surface area contributed by atoms with Gasteiger partial charge in [-0.3, -0.25) is 4.68 Å². The van der Waals surface area contributed by atoms with Crippen LogP contribution in [0.4, 0.5) is 5.82 Å². The van der Waals surface area contributed by atoms with Crippen LogP contribution in [0.15, 0.2) is 18.6 Å². The lowest BCUT2D eigenvalue weighted by Crippen LogP contribution is -1.97. The van der Waals surface area contributed by atoms with Crippen molar-refractivity contribution in [2.24, 2.45) is 14.1 Å². The predicted octanol–water partition coefficient (Wildman–Crippen LogP) is 0.403. The smallest absolute Gasteiger partial charge is 0.122 e. The molecule has 0 unspecified atom stereocenters. The monoisotopic (exact) mass is 177 g/mol. The molecule has 2 rings (SSSR count). The summed E-state index contributed by atoms with van der Waals surface area (Å²) in [7, 11) is 3.74. The van der Waals surface area contributed by atoms with Crippen molar-refractivity contribution in [2.75, 3.05) is 5.73 Å². The zero-order chi connectivity index (χ0) is 9.42. The van der Waals surface area contributed by atoms with Crippen molar-refractivity contribution >= 4 is 5.82 Å². The van der Waals surface area contributed by atoms with E-state index >= 15 is 0 Å². The number of aryl methyl sites for hydroxylation is 2. The first-order valence-electron chi connectivity index (χ1n) is 3.94. The van der Waals surface area contributed by atoms with E-state index in [9.17, 15) is 0 Å². The molecule has 0 aliphatic heterocycles. The number of anilines is 1. The van der Waals surface area contributed by atoms with Crippen LogP contribution < -0.4 is 5.73 Å². The molecule has 0 amide bonds. The van der Waals surface area contributed by atoms with Gasteiger partial charge in [-0.1, -0.05) is 0 Å². The summed E-state index contributed by atoms with van der Waals surface area (Å²) in [4.78, 5) is 4.01. The molecule has 68 valence electrons. The first kappa shape index (κ1) is 7.85. The third-order valence-corrected chi connectivity index (χ3v) is 2.00. The molecule has 2 N–H and O–H groups in total. The maximum absolute atomic E-state index is 5.67. The number of hydrogen-bond donors (Lipinski definition) is 1. The first-order valence-corrected chi connectivity index (χ1v) is 3.94. The summed E-state index contributed by atoms with van der Waals surface area (Å²) in [5.41, 5.74) is 7.48. The number of nitrogens with two attached hydrogens (primary N) is 1. The molecular formula is C8H11N5. The Hall–Kier alpha value is -1.78. The minimum absolute atomic E-state index is 0.649. The maximum atomic E-state index is 5.67. The van der Waals surface area contributed by atoms with Crippen LogP contribution in [0.5, 0.6) is 0 Å². The molecule has 2 aromatic heterocycles. The summed E-state index contributed by atoms with van der Waals surface area (Å²) in [6.45, 7) is 0. The summed E-state index contributed by atoms with van der Waals surface area (Å²) in [5, 5.41) is 4.24. The van der Waals surface area contributed by atoms with Gasteiger partial charge in [0.25, 0.3) is 0 Å². The topological polar surface area (TPSA) is 61.7 Å². The third kappa shape index (κ3) is 1.18. The minimum Gasteiger partial charge on any atom is -0.384 e. The molecule has 13 heavy (non-hydrogen) atoms. The van der Waals surface area contributed by atoms with E-state index in [1.807, 2.05) is 24.7 Å². The van der Waals surface area contributed by atoms with Gasteiger partial charge in [-0.05, 0) is 0 Å². The van der Waals surface area contributed by atoms with Gasteiger partial charge in [0.15, 0.2) is 0 Å². The van der Waals surface area contributed by atoms with Crippen LogP contribution in [-0.4, -0.2) is 19.3 Å². The van der Waals surface area contributed by atoms with Crippen LogP contribution >= 0.6 is 0 Å². The molecule has 5 heteroatoms. The van der Waals surface area contributed by atoms with Crippen molar-refractivity contribution in [2.45, 2.75) is 0 Å². The molecule has 0 radical (unpaired) electrons.